The minimum absolute atomic E-state index is 0.319. The van der Waals surface area contributed by atoms with Gasteiger partial charge >= 0.3 is 6.09 Å². The lowest BCUT2D eigenvalue weighted by Crippen LogP contribution is -2.19. The average Bonchev–Trinajstić information content (AvgIpc) is 2.97. The van der Waals surface area contributed by atoms with Gasteiger partial charge in [0, 0.05) is 25.1 Å². The number of nitrogens with zero attached hydrogens (tertiary/aromatic N) is 1. The van der Waals surface area contributed by atoms with E-state index in [9.17, 15) is 9.18 Å². The monoisotopic (exact) mass is 326 g/mol. The maximum atomic E-state index is 13.5. The number of methoxy groups -OCH3 is 1. The zero-order chi connectivity index (χ0) is 16.9. The molecule has 1 aliphatic heterocycles. The number of hydrogen-bond acceptors (Lipinski definition) is 4. The summed E-state index contributed by atoms with van der Waals surface area (Å²) >= 11 is 0. The highest BCUT2D eigenvalue weighted by Crippen LogP contribution is 2.36. The van der Waals surface area contributed by atoms with E-state index in [1.807, 2.05) is 6.07 Å². The molecule has 1 saturated heterocycles. The topological polar surface area (TPSA) is 60.5 Å². The Morgan fingerprint density at radius 2 is 2.21 bits per heavy atom. The second-order valence-electron chi connectivity index (χ2n) is 5.24. The van der Waals surface area contributed by atoms with Crippen molar-refractivity contribution in [3.05, 3.63) is 65.2 Å². The van der Waals surface area contributed by atoms with E-state index in [0.29, 0.717) is 17.7 Å². The molecule has 0 aliphatic carbocycles. The Bertz CT molecular complexity index is 813. The van der Waals surface area contributed by atoms with E-state index in [4.69, 9.17) is 9.47 Å². The molecule has 0 spiro atoms. The number of amides is 1. The van der Waals surface area contributed by atoms with Gasteiger partial charge in [-0.3, -0.25) is 4.98 Å². The second-order valence-corrected chi connectivity index (χ2v) is 5.24. The molecule has 0 saturated carbocycles. The lowest BCUT2D eigenvalue weighted by atomic mass is 9.97. The first-order valence-corrected chi connectivity index (χ1v) is 7.33. The van der Waals surface area contributed by atoms with Crippen LogP contribution in [0.25, 0.3) is 0 Å². The van der Waals surface area contributed by atoms with Crippen molar-refractivity contribution in [1.82, 2.24) is 10.3 Å². The molecule has 5 nitrogen and oxygen atoms in total. The summed E-state index contributed by atoms with van der Waals surface area (Å²) in [6, 6.07) is 7.36. The van der Waals surface area contributed by atoms with Crippen LogP contribution >= 0.6 is 0 Å². The predicted molar refractivity (Wildman–Crippen MR) is 84.5 cm³/mol. The van der Waals surface area contributed by atoms with Crippen LogP contribution in [-0.2, 0) is 9.47 Å². The lowest BCUT2D eigenvalue weighted by Gasteiger charge is -2.17. The molecule has 24 heavy (non-hydrogen) atoms. The van der Waals surface area contributed by atoms with E-state index in [2.05, 4.69) is 22.1 Å². The predicted octanol–water partition coefficient (Wildman–Crippen LogP) is 2.74. The molecule has 1 amide bonds. The van der Waals surface area contributed by atoms with E-state index < -0.39 is 18.2 Å². The fraction of sp³-hybridized carbons (Fsp3) is 0.222. The summed E-state index contributed by atoms with van der Waals surface area (Å²) in [5.74, 6) is 5.40. The van der Waals surface area contributed by atoms with Gasteiger partial charge in [-0.2, -0.15) is 0 Å². The van der Waals surface area contributed by atoms with Crippen molar-refractivity contribution in [2.75, 3.05) is 13.7 Å². The molecule has 3 rings (SSSR count). The third-order valence-electron chi connectivity index (χ3n) is 3.56. The zero-order valence-corrected chi connectivity index (χ0v) is 13.0. The Kier molecular flexibility index (Phi) is 4.73. The van der Waals surface area contributed by atoms with Gasteiger partial charge in [-0.1, -0.05) is 24.0 Å². The SMILES string of the molecule is COCC#Cc1cncc([C@H]2NC(=O)O[C@@H]2c2cccc(F)c2)c1. The number of nitrogens with one attached hydrogen (secondary N) is 1. The molecule has 122 valence electrons. The number of cyclic esters (lactones) is 1. The summed E-state index contributed by atoms with van der Waals surface area (Å²) < 4.78 is 23.7. The number of carbonyl (C=O) groups is 1. The molecule has 1 aliphatic rings. The summed E-state index contributed by atoms with van der Waals surface area (Å²) in [4.78, 5) is 15.9. The van der Waals surface area contributed by atoms with Crippen LogP contribution in [0.4, 0.5) is 9.18 Å². The summed E-state index contributed by atoms with van der Waals surface area (Å²) in [6.45, 7) is 0.319. The molecule has 0 unspecified atom stereocenters. The standard InChI is InChI=1S/C18H15FN2O3/c1-23-7-3-4-12-8-14(11-20-10-12)16-17(24-18(22)21-16)13-5-2-6-15(19)9-13/h2,5-6,8-11,16-17H,7H2,1H3,(H,21,22)/t16-,17-/m1/s1. The van der Waals surface area contributed by atoms with Gasteiger partial charge in [0.1, 0.15) is 18.5 Å². The van der Waals surface area contributed by atoms with Crippen LogP contribution in [0.5, 0.6) is 0 Å². The first-order chi connectivity index (χ1) is 11.7. The molecule has 1 fully saturated rings. The molecule has 2 heterocycles. The van der Waals surface area contributed by atoms with Gasteiger partial charge in [0.2, 0.25) is 0 Å². The Hall–Kier alpha value is -2.91. The lowest BCUT2D eigenvalue weighted by molar-refractivity contribution is 0.132. The van der Waals surface area contributed by atoms with Crippen molar-refractivity contribution in [2.24, 2.45) is 0 Å². The van der Waals surface area contributed by atoms with E-state index in [1.165, 1.54) is 12.1 Å². The average molecular weight is 326 g/mol. The zero-order valence-electron chi connectivity index (χ0n) is 13.0. The summed E-state index contributed by atoms with van der Waals surface area (Å²) in [7, 11) is 1.57. The number of halogens is 1. The minimum atomic E-state index is -0.628. The van der Waals surface area contributed by atoms with Gasteiger partial charge in [-0.15, -0.1) is 0 Å². The molecule has 1 aromatic heterocycles. The van der Waals surface area contributed by atoms with Gasteiger partial charge in [-0.25, -0.2) is 9.18 Å². The number of hydrogen-bond donors (Lipinski definition) is 1. The van der Waals surface area contributed by atoms with Crippen molar-refractivity contribution in [2.45, 2.75) is 12.1 Å². The van der Waals surface area contributed by atoms with Crippen molar-refractivity contribution >= 4 is 6.09 Å². The third-order valence-corrected chi connectivity index (χ3v) is 3.56. The Morgan fingerprint density at radius 3 is 3.00 bits per heavy atom. The molecule has 0 bridgehead atoms. The van der Waals surface area contributed by atoms with Crippen LogP contribution in [0.2, 0.25) is 0 Å². The Balaban J connectivity index is 1.91. The number of pyridine rings is 1. The van der Waals surface area contributed by atoms with Crippen LogP contribution in [0, 0.1) is 17.7 Å². The highest BCUT2D eigenvalue weighted by atomic mass is 19.1. The van der Waals surface area contributed by atoms with E-state index in [1.54, 1.807) is 31.6 Å². The van der Waals surface area contributed by atoms with E-state index >= 15 is 0 Å². The van der Waals surface area contributed by atoms with E-state index in [-0.39, 0.29) is 5.82 Å². The van der Waals surface area contributed by atoms with Crippen molar-refractivity contribution in [1.29, 1.82) is 0 Å². The molecule has 6 heteroatoms. The van der Waals surface area contributed by atoms with Crippen LogP contribution < -0.4 is 5.32 Å². The second kappa shape index (κ2) is 7.11. The molecule has 1 aromatic carbocycles. The van der Waals surface area contributed by atoms with Crippen LogP contribution in [0.3, 0.4) is 0 Å². The van der Waals surface area contributed by atoms with Gasteiger partial charge < -0.3 is 14.8 Å². The van der Waals surface area contributed by atoms with Gasteiger partial charge in [0.05, 0.1) is 0 Å². The minimum Gasteiger partial charge on any atom is -0.439 e. The number of rotatable bonds is 3. The third kappa shape index (κ3) is 3.53. The molecule has 0 radical (unpaired) electrons. The summed E-state index contributed by atoms with van der Waals surface area (Å²) in [6.07, 6.45) is 2.08. The first-order valence-electron chi connectivity index (χ1n) is 7.33. The van der Waals surface area contributed by atoms with Gasteiger partial charge in [0.15, 0.2) is 6.10 Å². The number of benzene rings is 1. The molecular formula is C18H15FN2O3. The number of alkyl carbamates (subject to hydrolysis) is 1. The fourth-order valence-electron chi connectivity index (χ4n) is 2.53. The Labute approximate surface area is 138 Å². The highest BCUT2D eigenvalue weighted by Gasteiger charge is 2.36. The summed E-state index contributed by atoms with van der Waals surface area (Å²) in [5, 5.41) is 2.74. The quantitative estimate of drug-likeness (QED) is 0.881. The van der Waals surface area contributed by atoms with Gasteiger partial charge in [0.25, 0.3) is 0 Å². The number of carbonyl (C=O) groups excluding carboxylic acids is 1. The highest BCUT2D eigenvalue weighted by molar-refractivity contribution is 5.71. The van der Waals surface area contributed by atoms with Crippen molar-refractivity contribution in [3.63, 3.8) is 0 Å². The summed E-state index contributed by atoms with van der Waals surface area (Å²) in [5.41, 5.74) is 2.01. The maximum Gasteiger partial charge on any atom is 0.408 e. The fourth-order valence-corrected chi connectivity index (χ4v) is 2.53. The first kappa shape index (κ1) is 16.0. The molecule has 1 N–H and O–H groups in total. The maximum absolute atomic E-state index is 13.5. The number of ether oxygens (including phenoxy) is 2. The molecular weight excluding hydrogens is 311 g/mol. The molecule has 2 aromatic rings. The Morgan fingerprint density at radius 1 is 1.33 bits per heavy atom. The smallest absolute Gasteiger partial charge is 0.408 e. The van der Waals surface area contributed by atoms with Crippen molar-refractivity contribution < 1.29 is 18.7 Å². The van der Waals surface area contributed by atoms with Crippen LogP contribution in [0.1, 0.15) is 28.8 Å². The number of aromatic nitrogens is 1. The van der Waals surface area contributed by atoms with Crippen LogP contribution in [0.15, 0.2) is 42.7 Å². The molecule has 2 atom stereocenters. The largest absolute Gasteiger partial charge is 0.439 e. The van der Waals surface area contributed by atoms with Crippen LogP contribution in [-0.4, -0.2) is 24.8 Å². The van der Waals surface area contributed by atoms with E-state index in [0.717, 1.165) is 5.56 Å². The van der Waals surface area contributed by atoms with Crippen molar-refractivity contribution in [3.8, 4) is 11.8 Å². The van der Waals surface area contributed by atoms with Gasteiger partial charge in [-0.05, 0) is 29.3 Å². The normalized spacial score (nSPS) is 19.2.